The van der Waals surface area contributed by atoms with Gasteiger partial charge >= 0.3 is 0 Å². The molecule has 0 saturated heterocycles. The second-order valence-electron chi connectivity index (χ2n) is 14.7. The topological polar surface area (TPSA) is 56.7 Å². The summed E-state index contributed by atoms with van der Waals surface area (Å²) in [5.74, 6) is 1.92. The maximum atomic E-state index is 7.00. The number of furan rings is 1. The summed E-state index contributed by atoms with van der Waals surface area (Å²) in [7, 11) is 0. The first-order chi connectivity index (χ1) is 28.3. The lowest BCUT2D eigenvalue weighted by molar-refractivity contribution is 0.666. The highest BCUT2D eigenvalue weighted by Gasteiger charge is 2.34. The lowest BCUT2D eigenvalue weighted by Crippen LogP contribution is -2.03. The first-order valence-electron chi connectivity index (χ1n) is 19.3. The number of benzene rings is 8. The molecule has 12 rings (SSSR count). The van der Waals surface area contributed by atoms with E-state index in [0.717, 1.165) is 49.8 Å². The number of rotatable bonds is 5. The van der Waals surface area contributed by atoms with Gasteiger partial charge in [-0.05, 0) is 46.0 Å². The maximum absolute atomic E-state index is 7.00. The summed E-state index contributed by atoms with van der Waals surface area (Å²) in [5, 5.41) is 4.40. The third-order valence-corrected chi connectivity index (χ3v) is 11.5. The molecule has 0 bridgehead atoms. The van der Waals surface area contributed by atoms with E-state index in [1.807, 2.05) is 72.8 Å². The SMILES string of the molecule is c1ccc(-c2nc(-c3ccccc3)nc(-c3cccc4oc5c(-n6c7ccccc7c7ccc8c(c76)C(c6ccccc6)c6ccccc6-8)cccc5c34)n2)cc1. The molecule has 11 aromatic rings. The number of fused-ring (bicyclic) bond motifs is 10. The van der Waals surface area contributed by atoms with Gasteiger partial charge in [0.15, 0.2) is 23.1 Å². The molecule has 0 radical (unpaired) electrons. The van der Waals surface area contributed by atoms with Gasteiger partial charge < -0.3 is 8.98 Å². The Kier molecular flexibility index (Phi) is 6.92. The van der Waals surface area contributed by atoms with Crippen molar-refractivity contribution in [3.05, 3.63) is 205 Å². The molecular formula is C52H32N4O. The lowest BCUT2D eigenvalue weighted by atomic mass is 9.88. The van der Waals surface area contributed by atoms with E-state index in [-0.39, 0.29) is 5.92 Å². The Balaban J connectivity index is 1.14. The van der Waals surface area contributed by atoms with Crippen LogP contribution in [-0.4, -0.2) is 19.5 Å². The molecule has 0 amide bonds. The van der Waals surface area contributed by atoms with Crippen molar-refractivity contribution < 1.29 is 4.42 Å². The zero-order valence-corrected chi connectivity index (χ0v) is 30.7. The van der Waals surface area contributed by atoms with Gasteiger partial charge in [-0.25, -0.2) is 15.0 Å². The molecular weight excluding hydrogens is 697 g/mol. The van der Waals surface area contributed by atoms with Crippen LogP contribution in [0.1, 0.15) is 22.6 Å². The van der Waals surface area contributed by atoms with Gasteiger partial charge in [0.05, 0.1) is 16.7 Å². The molecule has 266 valence electrons. The molecule has 0 fully saturated rings. The van der Waals surface area contributed by atoms with Crippen LogP contribution in [0.15, 0.2) is 192 Å². The van der Waals surface area contributed by atoms with Crippen LogP contribution in [0.5, 0.6) is 0 Å². The Morgan fingerprint density at radius 1 is 0.439 bits per heavy atom. The summed E-state index contributed by atoms with van der Waals surface area (Å²) in [5.41, 5.74) is 14.1. The first-order valence-corrected chi connectivity index (χ1v) is 19.3. The van der Waals surface area contributed by atoms with Crippen LogP contribution in [0, 0.1) is 0 Å². The monoisotopic (exact) mass is 728 g/mol. The molecule has 0 aliphatic heterocycles. The maximum Gasteiger partial charge on any atom is 0.164 e. The minimum Gasteiger partial charge on any atom is -0.454 e. The van der Waals surface area contributed by atoms with Crippen LogP contribution < -0.4 is 0 Å². The number of hydrogen-bond donors (Lipinski definition) is 0. The summed E-state index contributed by atoms with van der Waals surface area (Å²) in [6, 6.07) is 66.1. The van der Waals surface area contributed by atoms with Crippen molar-refractivity contribution in [1.29, 1.82) is 0 Å². The summed E-state index contributed by atoms with van der Waals surface area (Å²) in [6.07, 6.45) is 0. The van der Waals surface area contributed by atoms with Gasteiger partial charge in [0, 0.05) is 44.2 Å². The molecule has 5 nitrogen and oxygen atoms in total. The zero-order chi connectivity index (χ0) is 37.5. The lowest BCUT2D eigenvalue weighted by Gasteiger charge is -2.18. The number of nitrogens with zero attached hydrogens (tertiary/aromatic N) is 4. The fourth-order valence-electron chi connectivity index (χ4n) is 9.13. The minimum atomic E-state index is 0.0760. The molecule has 57 heavy (non-hydrogen) atoms. The molecule has 3 aromatic heterocycles. The standard InChI is InChI=1S/C52H32N4O/c1-4-16-32(17-5-1)45-37-24-11-10-22-35(37)38-30-31-39-36-23-12-13-27-42(36)56(48(39)47(38)45)43-28-14-25-40-46-41(26-15-29-44(46)57-49(40)43)52-54-50(33-18-6-2-7-19-33)53-51(55-52)34-20-8-3-9-21-34/h1-31,45H. The molecule has 1 unspecified atom stereocenters. The van der Waals surface area contributed by atoms with Crippen molar-refractivity contribution in [2.45, 2.75) is 5.92 Å². The van der Waals surface area contributed by atoms with Crippen LogP contribution in [0.4, 0.5) is 0 Å². The molecule has 0 N–H and O–H groups in total. The Labute approximate surface area is 328 Å². The average molecular weight is 729 g/mol. The Hall–Kier alpha value is -7.63. The fraction of sp³-hybridized carbons (Fsp3) is 0.0192. The largest absolute Gasteiger partial charge is 0.454 e. The van der Waals surface area contributed by atoms with Crippen molar-refractivity contribution in [2.75, 3.05) is 0 Å². The average Bonchev–Trinajstić information content (AvgIpc) is 3.95. The van der Waals surface area contributed by atoms with Gasteiger partial charge in [0.1, 0.15) is 5.58 Å². The van der Waals surface area contributed by atoms with Crippen LogP contribution in [-0.2, 0) is 0 Å². The Bertz CT molecular complexity index is 3290. The molecule has 3 heterocycles. The Morgan fingerprint density at radius 2 is 1.05 bits per heavy atom. The first kappa shape index (κ1) is 31.7. The van der Waals surface area contributed by atoms with Crippen LogP contribution in [0.3, 0.4) is 0 Å². The number of aromatic nitrogens is 4. The third kappa shape index (κ3) is 4.79. The van der Waals surface area contributed by atoms with Gasteiger partial charge in [-0.2, -0.15) is 0 Å². The van der Waals surface area contributed by atoms with E-state index >= 15 is 0 Å². The molecule has 0 saturated carbocycles. The molecule has 5 heteroatoms. The van der Waals surface area contributed by atoms with Gasteiger partial charge in [0.25, 0.3) is 0 Å². The van der Waals surface area contributed by atoms with E-state index < -0.39 is 0 Å². The normalized spacial score (nSPS) is 13.4. The van der Waals surface area contributed by atoms with E-state index in [4.69, 9.17) is 19.4 Å². The third-order valence-electron chi connectivity index (χ3n) is 11.5. The Morgan fingerprint density at radius 3 is 1.82 bits per heavy atom. The quantitative estimate of drug-likeness (QED) is 0.177. The van der Waals surface area contributed by atoms with Gasteiger partial charge in [-0.1, -0.05) is 170 Å². The van der Waals surface area contributed by atoms with Crippen molar-refractivity contribution in [3.8, 4) is 51.0 Å². The van der Waals surface area contributed by atoms with Crippen LogP contribution >= 0.6 is 0 Å². The highest BCUT2D eigenvalue weighted by Crippen LogP contribution is 2.53. The highest BCUT2D eigenvalue weighted by molar-refractivity contribution is 6.17. The van der Waals surface area contributed by atoms with Gasteiger partial charge in [-0.15, -0.1) is 0 Å². The van der Waals surface area contributed by atoms with E-state index in [1.165, 1.54) is 44.1 Å². The van der Waals surface area contributed by atoms with Crippen molar-refractivity contribution in [1.82, 2.24) is 19.5 Å². The molecule has 0 spiro atoms. The summed E-state index contributed by atoms with van der Waals surface area (Å²) in [6.45, 7) is 0. The molecule has 1 atom stereocenters. The second-order valence-corrected chi connectivity index (χ2v) is 14.7. The number of hydrogen-bond acceptors (Lipinski definition) is 4. The van der Waals surface area contributed by atoms with Crippen molar-refractivity contribution in [3.63, 3.8) is 0 Å². The van der Waals surface area contributed by atoms with Gasteiger partial charge in [0.2, 0.25) is 0 Å². The van der Waals surface area contributed by atoms with E-state index in [1.54, 1.807) is 0 Å². The molecule has 8 aromatic carbocycles. The smallest absolute Gasteiger partial charge is 0.164 e. The summed E-state index contributed by atoms with van der Waals surface area (Å²) >= 11 is 0. The van der Waals surface area contributed by atoms with Crippen molar-refractivity contribution in [2.24, 2.45) is 0 Å². The predicted octanol–water partition coefficient (Wildman–Crippen LogP) is 13.0. The molecule has 1 aliphatic rings. The predicted molar refractivity (Wildman–Crippen MR) is 231 cm³/mol. The minimum absolute atomic E-state index is 0.0760. The van der Waals surface area contributed by atoms with Gasteiger partial charge in [-0.3, -0.25) is 0 Å². The van der Waals surface area contributed by atoms with Crippen LogP contribution in [0.2, 0.25) is 0 Å². The summed E-state index contributed by atoms with van der Waals surface area (Å²) < 4.78 is 9.44. The van der Waals surface area contributed by atoms with E-state index in [2.05, 4.69) is 120 Å². The van der Waals surface area contributed by atoms with Crippen LogP contribution in [0.25, 0.3) is 94.7 Å². The van der Waals surface area contributed by atoms with E-state index in [0.29, 0.717) is 17.5 Å². The molecule has 1 aliphatic carbocycles. The second kappa shape index (κ2) is 12.4. The highest BCUT2D eigenvalue weighted by atomic mass is 16.3. The number of para-hydroxylation sites is 2. The van der Waals surface area contributed by atoms with E-state index in [9.17, 15) is 0 Å². The fourth-order valence-corrected chi connectivity index (χ4v) is 9.13. The summed E-state index contributed by atoms with van der Waals surface area (Å²) in [4.78, 5) is 15.2. The zero-order valence-electron chi connectivity index (χ0n) is 30.7. The van der Waals surface area contributed by atoms with Crippen molar-refractivity contribution >= 4 is 43.7 Å².